The molecule has 2 heterocycles. The van der Waals surface area contributed by atoms with Crippen LogP contribution < -0.4 is 5.32 Å². The molecule has 5 rings (SSSR count). The van der Waals surface area contributed by atoms with E-state index in [1.165, 1.54) is 4.90 Å². The number of nitrogens with one attached hydrogen (secondary N) is 1. The Kier molecular flexibility index (Phi) is 4.84. The number of carbonyl (C=O) groups excluding carboxylic acids is 3. The number of hydrogen-bond donors (Lipinski definition) is 1. The van der Waals surface area contributed by atoms with Crippen LogP contribution in [0.15, 0.2) is 53.1 Å². The average Bonchev–Trinajstić information content (AvgIpc) is 3.51. The molecule has 0 radical (unpaired) electrons. The zero-order valence-electron chi connectivity index (χ0n) is 17.6. The maximum Gasteiger partial charge on any atom is 0.261 e. The molecule has 0 unspecified atom stereocenters. The number of fused-ring (bicyclic) bond motifs is 1. The molecule has 2 aromatic carbocycles. The van der Waals surface area contributed by atoms with Gasteiger partial charge >= 0.3 is 0 Å². The lowest BCUT2D eigenvalue weighted by atomic mass is 9.95. The number of aromatic nitrogens is 2. The van der Waals surface area contributed by atoms with Gasteiger partial charge in [-0.3, -0.25) is 19.3 Å². The first kappa shape index (κ1) is 20.1. The minimum absolute atomic E-state index is 0.153. The largest absolute Gasteiger partial charge is 0.340 e. The quantitative estimate of drug-likeness (QED) is 0.622. The van der Waals surface area contributed by atoms with Gasteiger partial charge in [0, 0.05) is 12.5 Å². The highest BCUT2D eigenvalue weighted by atomic mass is 16.5. The van der Waals surface area contributed by atoms with Crippen LogP contribution in [0.5, 0.6) is 0 Å². The number of rotatable bonds is 5. The van der Waals surface area contributed by atoms with Gasteiger partial charge in [0.1, 0.15) is 5.54 Å². The number of amides is 3. The average molecular weight is 430 g/mol. The molecule has 32 heavy (non-hydrogen) atoms. The third-order valence-corrected chi connectivity index (χ3v) is 6.20. The Morgan fingerprint density at radius 3 is 2.22 bits per heavy atom. The van der Waals surface area contributed by atoms with Crippen LogP contribution in [0.3, 0.4) is 0 Å². The fraction of sp³-hybridized carbons (Fsp3) is 0.292. The lowest BCUT2D eigenvalue weighted by Crippen LogP contribution is -2.44. The Morgan fingerprint density at radius 1 is 1.03 bits per heavy atom. The Morgan fingerprint density at radius 2 is 1.66 bits per heavy atom. The second-order valence-corrected chi connectivity index (χ2v) is 8.32. The van der Waals surface area contributed by atoms with Crippen LogP contribution in [0.4, 0.5) is 0 Å². The summed E-state index contributed by atoms with van der Waals surface area (Å²) in [6.07, 6.45) is 3.48. The maximum absolute atomic E-state index is 13.0. The Balaban J connectivity index is 1.30. The normalized spacial score (nSPS) is 17.0. The molecule has 0 spiro atoms. The van der Waals surface area contributed by atoms with Crippen molar-refractivity contribution in [3.63, 3.8) is 0 Å². The van der Waals surface area contributed by atoms with E-state index in [0.717, 1.165) is 31.2 Å². The molecule has 1 aliphatic carbocycles. The highest BCUT2D eigenvalue weighted by Crippen LogP contribution is 2.37. The summed E-state index contributed by atoms with van der Waals surface area (Å²) in [5.74, 6) is 0.166. The van der Waals surface area contributed by atoms with E-state index in [9.17, 15) is 14.4 Å². The zero-order valence-corrected chi connectivity index (χ0v) is 17.6. The fourth-order valence-electron chi connectivity index (χ4n) is 4.49. The van der Waals surface area contributed by atoms with E-state index in [4.69, 9.17) is 4.52 Å². The second-order valence-electron chi connectivity index (χ2n) is 8.32. The molecule has 3 amide bonds. The zero-order chi connectivity index (χ0) is 22.3. The summed E-state index contributed by atoms with van der Waals surface area (Å²) in [5.41, 5.74) is 1.48. The molecule has 1 N–H and O–H groups in total. The van der Waals surface area contributed by atoms with Gasteiger partial charge in [-0.25, -0.2) is 0 Å². The first-order valence-electron chi connectivity index (χ1n) is 10.6. The van der Waals surface area contributed by atoms with E-state index in [1.807, 2.05) is 0 Å². The molecule has 2 aliphatic rings. The van der Waals surface area contributed by atoms with Crippen LogP contribution >= 0.6 is 0 Å². The third-order valence-electron chi connectivity index (χ3n) is 6.20. The molecule has 1 aliphatic heterocycles. The fourth-order valence-corrected chi connectivity index (χ4v) is 4.49. The first-order valence-corrected chi connectivity index (χ1v) is 10.6. The highest BCUT2D eigenvalue weighted by molar-refractivity contribution is 6.21. The van der Waals surface area contributed by atoms with Gasteiger partial charge in [0.2, 0.25) is 5.89 Å². The van der Waals surface area contributed by atoms with Crippen molar-refractivity contribution in [2.45, 2.75) is 44.7 Å². The van der Waals surface area contributed by atoms with E-state index >= 15 is 0 Å². The maximum atomic E-state index is 13.0. The first-order chi connectivity index (χ1) is 15.5. The van der Waals surface area contributed by atoms with Crippen molar-refractivity contribution in [2.75, 3.05) is 0 Å². The van der Waals surface area contributed by atoms with Crippen LogP contribution in [-0.2, 0) is 12.1 Å². The molecule has 162 valence electrons. The number of benzene rings is 2. The van der Waals surface area contributed by atoms with Gasteiger partial charge in [0.25, 0.3) is 17.7 Å². The van der Waals surface area contributed by atoms with Crippen molar-refractivity contribution < 1.29 is 18.9 Å². The molecule has 8 heteroatoms. The number of hydrogen-bond acceptors (Lipinski definition) is 6. The van der Waals surface area contributed by atoms with Crippen molar-refractivity contribution in [3.8, 4) is 0 Å². The van der Waals surface area contributed by atoms with Crippen LogP contribution in [-0.4, -0.2) is 32.8 Å². The van der Waals surface area contributed by atoms with Gasteiger partial charge in [-0.15, -0.1) is 0 Å². The van der Waals surface area contributed by atoms with Crippen molar-refractivity contribution in [3.05, 3.63) is 82.5 Å². The number of imide groups is 1. The van der Waals surface area contributed by atoms with Crippen LogP contribution in [0, 0.1) is 6.92 Å². The summed E-state index contributed by atoms with van der Waals surface area (Å²) in [4.78, 5) is 43.7. The molecule has 1 fully saturated rings. The Labute approximate surface area is 184 Å². The van der Waals surface area contributed by atoms with Gasteiger partial charge in [-0.05, 0) is 42.7 Å². The Hall–Kier alpha value is -3.81. The molecule has 3 aromatic rings. The van der Waals surface area contributed by atoms with E-state index in [2.05, 4.69) is 15.5 Å². The lowest BCUT2D eigenvalue weighted by molar-refractivity contribution is 0.0641. The number of nitrogens with zero attached hydrogens (tertiary/aromatic N) is 3. The molecule has 1 aromatic heterocycles. The molecule has 0 atom stereocenters. The molecular weight excluding hydrogens is 408 g/mol. The molecule has 8 nitrogen and oxygen atoms in total. The molecule has 0 saturated heterocycles. The summed E-state index contributed by atoms with van der Waals surface area (Å²) < 4.78 is 5.14. The lowest BCUT2D eigenvalue weighted by Gasteiger charge is -2.26. The second kappa shape index (κ2) is 7.71. The van der Waals surface area contributed by atoms with E-state index in [-0.39, 0.29) is 24.3 Å². The standard InChI is InChI=1S/C24H22N4O4/c1-15-25-23(27-32-15)24(12-4-5-13-24)26-20(29)17-10-8-16(9-11-17)14-28-21(30)18-6-2-3-7-19(18)22(28)31/h2-3,6-11H,4-5,12-14H2,1H3,(H,26,29). The summed E-state index contributed by atoms with van der Waals surface area (Å²) >= 11 is 0. The van der Waals surface area contributed by atoms with Gasteiger partial charge in [-0.1, -0.05) is 42.3 Å². The van der Waals surface area contributed by atoms with Crippen molar-refractivity contribution >= 4 is 17.7 Å². The van der Waals surface area contributed by atoms with Crippen molar-refractivity contribution in [2.24, 2.45) is 0 Å². The van der Waals surface area contributed by atoms with Crippen molar-refractivity contribution in [1.29, 1.82) is 0 Å². The van der Waals surface area contributed by atoms with Crippen LogP contribution in [0.2, 0.25) is 0 Å². The molecule has 1 saturated carbocycles. The summed E-state index contributed by atoms with van der Waals surface area (Å²) in [7, 11) is 0. The van der Waals surface area contributed by atoms with Crippen molar-refractivity contribution in [1.82, 2.24) is 20.4 Å². The van der Waals surface area contributed by atoms with Gasteiger partial charge in [-0.2, -0.15) is 4.98 Å². The Bertz CT molecular complexity index is 1170. The predicted molar refractivity (Wildman–Crippen MR) is 114 cm³/mol. The van der Waals surface area contributed by atoms with E-state index in [0.29, 0.717) is 28.4 Å². The minimum Gasteiger partial charge on any atom is -0.340 e. The minimum atomic E-state index is -0.617. The molecule has 0 bridgehead atoms. The summed E-state index contributed by atoms with van der Waals surface area (Å²) in [6.45, 7) is 1.88. The van der Waals surface area contributed by atoms with Gasteiger partial charge in [0.15, 0.2) is 5.82 Å². The monoisotopic (exact) mass is 430 g/mol. The molecular formula is C24H22N4O4. The SMILES string of the molecule is Cc1nc(C2(NC(=O)c3ccc(CN4C(=O)c5ccccc5C4=O)cc3)CCCC2)no1. The van der Waals surface area contributed by atoms with Crippen LogP contribution in [0.1, 0.15) is 74.0 Å². The topological polar surface area (TPSA) is 105 Å². The van der Waals surface area contributed by atoms with E-state index < -0.39 is 5.54 Å². The third kappa shape index (κ3) is 3.37. The van der Waals surface area contributed by atoms with E-state index in [1.54, 1.807) is 55.5 Å². The predicted octanol–water partition coefficient (Wildman–Crippen LogP) is 3.37. The van der Waals surface area contributed by atoms with Crippen LogP contribution in [0.25, 0.3) is 0 Å². The van der Waals surface area contributed by atoms with Gasteiger partial charge in [0.05, 0.1) is 17.7 Å². The smallest absolute Gasteiger partial charge is 0.261 e. The summed E-state index contributed by atoms with van der Waals surface area (Å²) in [5, 5.41) is 7.16. The highest BCUT2D eigenvalue weighted by Gasteiger charge is 2.41. The number of carbonyl (C=O) groups is 3. The summed E-state index contributed by atoms with van der Waals surface area (Å²) in [6, 6.07) is 13.7. The number of aryl methyl sites for hydroxylation is 1. The van der Waals surface area contributed by atoms with Gasteiger partial charge < -0.3 is 9.84 Å².